The van der Waals surface area contributed by atoms with Crippen molar-refractivity contribution in [2.24, 2.45) is 0 Å². The fraction of sp³-hybridized carbons (Fsp3) is 0.238. The van der Waals surface area contributed by atoms with Gasteiger partial charge in [-0.15, -0.1) is 0 Å². The van der Waals surface area contributed by atoms with E-state index in [4.69, 9.17) is 14.5 Å². The molecule has 4 rings (SSSR count). The quantitative estimate of drug-likeness (QED) is 0.724. The van der Waals surface area contributed by atoms with Crippen LogP contribution in [0.1, 0.15) is 6.42 Å². The van der Waals surface area contributed by atoms with E-state index >= 15 is 0 Å². The minimum atomic E-state index is -0.851. The monoisotopic (exact) mass is 364 g/mol. The van der Waals surface area contributed by atoms with Gasteiger partial charge in [-0.25, -0.2) is 4.98 Å². The third-order valence-corrected chi connectivity index (χ3v) is 4.73. The summed E-state index contributed by atoms with van der Waals surface area (Å²) in [5, 5.41) is 13.0. The first-order valence-corrected chi connectivity index (χ1v) is 8.81. The van der Waals surface area contributed by atoms with E-state index in [0.717, 1.165) is 27.9 Å². The van der Waals surface area contributed by atoms with Crippen LogP contribution >= 0.6 is 0 Å². The van der Waals surface area contributed by atoms with Crippen molar-refractivity contribution in [2.45, 2.75) is 18.6 Å². The number of methoxy groups -OCH3 is 1. The number of benzene rings is 2. The Hall–Kier alpha value is -3.12. The third kappa shape index (κ3) is 3.57. The molecule has 2 heterocycles. The molecule has 0 saturated carbocycles. The molecule has 0 spiro atoms. The van der Waals surface area contributed by atoms with E-state index < -0.39 is 12.0 Å². The number of carbonyl (C=O) groups is 1. The number of carboxylic acid groups (broad SMARTS) is 1. The minimum absolute atomic E-state index is 0.206. The summed E-state index contributed by atoms with van der Waals surface area (Å²) in [4.78, 5) is 15.9. The van der Waals surface area contributed by atoms with Crippen molar-refractivity contribution in [3.05, 3.63) is 54.6 Å². The molecule has 0 amide bonds. The Kier molecular flexibility index (Phi) is 4.64. The lowest BCUT2D eigenvalue weighted by atomic mass is 10.1. The predicted molar refractivity (Wildman–Crippen MR) is 102 cm³/mol. The van der Waals surface area contributed by atoms with Gasteiger partial charge in [-0.2, -0.15) is 0 Å². The molecule has 0 bridgehead atoms. The summed E-state index contributed by atoms with van der Waals surface area (Å²) in [5.74, 6) is 0.564. The Labute approximate surface area is 156 Å². The van der Waals surface area contributed by atoms with Gasteiger partial charge in [0.2, 0.25) is 0 Å². The number of nitrogens with zero attached hydrogens (tertiary/aromatic N) is 1. The number of fused-ring (bicyclic) bond motifs is 1. The maximum atomic E-state index is 11.2. The second-order valence-corrected chi connectivity index (χ2v) is 6.53. The molecule has 6 nitrogen and oxygen atoms in total. The fourth-order valence-electron chi connectivity index (χ4n) is 3.32. The molecular formula is C21H20N2O4. The molecule has 1 unspecified atom stereocenters. The molecule has 1 aromatic heterocycles. The average Bonchev–Trinajstić information content (AvgIpc) is 3.17. The van der Waals surface area contributed by atoms with E-state index in [1.807, 2.05) is 54.6 Å². The Morgan fingerprint density at radius 1 is 1.19 bits per heavy atom. The summed E-state index contributed by atoms with van der Waals surface area (Å²) in [7, 11) is 1.62. The van der Waals surface area contributed by atoms with Gasteiger partial charge in [0.1, 0.15) is 23.6 Å². The van der Waals surface area contributed by atoms with Crippen molar-refractivity contribution >= 4 is 16.9 Å². The van der Waals surface area contributed by atoms with Crippen LogP contribution in [0.5, 0.6) is 11.5 Å². The SMILES string of the molecule is COc1ccc2c(O[C@H]3CNC(C(=O)O)C3)cc(-c3ccccc3)nc2c1. The number of hydrogen-bond donors (Lipinski definition) is 2. The normalized spacial score (nSPS) is 19.1. The molecule has 3 aromatic rings. The van der Waals surface area contributed by atoms with Gasteiger partial charge in [0, 0.05) is 36.0 Å². The number of aliphatic carboxylic acids is 1. The van der Waals surface area contributed by atoms with Crippen molar-refractivity contribution in [1.82, 2.24) is 10.3 Å². The smallest absolute Gasteiger partial charge is 0.320 e. The lowest BCUT2D eigenvalue weighted by Gasteiger charge is -2.16. The summed E-state index contributed by atoms with van der Waals surface area (Å²) in [5.41, 5.74) is 2.55. The molecule has 138 valence electrons. The molecule has 27 heavy (non-hydrogen) atoms. The van der Waals surface area contributed by atoms with Crippen molar-refractivity contribution in [3.63, 3.8) is 0 Å². The van der Waals surface area contributed by atoms with Crippen molar-refractivity contribution < 1.29 is 19.4 Å². The van der Waals surface area contributed by atoms with E-state index in [0.29, 0.717) is 18.7 Å². The molecule has 0 radical (unpaired) electrons. The highest BCUT2D eigenvalue weighted by molar-refractivity contribution is 5.89. The van der Waals surface area contributed by atoms with Crippen LogP contribution in [0.15, 0.2) is 54.6 Å². The molecule has 1 aliphatic rings. The number of hydrogen-bond acceptors (Lipinski definition) is 5. The summed E-state index contributed by atoms with van der Waals surface area (Å²) in [6.45, 7) is 0.498. The van der Waals surface area contributed by atoms with Gasteiger partial charge in [0.05, 0.1) is 18.3 Å². The first-order chi connectivity index (χ1) is 13.1. The molecule has 1 fully saturated rings. The molecular weight excluding hydrogens is 344 g/mol. The maximum Gasteiger partial charge on any atom is 0.320 e. The van der Waals surface area contributed by atoms with E-state index in [1.165, 1.54) is 0 Å². The summed E-state index contributed by atoms with van der Waals surface area (Å²) in [6, 6.07) is 16.9. The molecule has 6 heteroatoms. The fourth-order valence-corrected chi connectivity index (χ4v) is 3.32. The lowest BCUT2D eigenvalue weighted by molar-refractivity contribution is -0.139. The van der Waals surface area contributed by atoms with Crippen LogP contribution in [0.2, 0.25) is 0 Å². The molecule has 2 N–H and O–H groups in total. The average molecular weight is 364 g/mol. The van der Waals surface area contributed by atoms with Gasteiger partial charge in [0.25, 0.3) is 0 Å². The standard InChI is InChI=1S/C21H20N2O4/c1-26-14-7-8-16-18(9-14)23-17(13-5-3-2-4-6-13)11-20(16)27-15-10-19(21(24)25)22-12-15/h2-9,11,15,19,22H,10,12H2,1H3,(H,24,25)/t15-,19?/m1/s1. The number of nitrogens with one attached hydrogen (secondary N) is 1. The van der Waals surface area contributed by atoms with Crippen molar-refractivity contribution in [2.75, 3.05) is 13.7 Å². The third-order valence-electron chi connectivity index (χ3n) is 4.73. The Bertz CT molecular complexity index is 975. The number of ether oxygens (including phenoxy) is 2. The first kappa shape index (κ1) is 17.3. The van der Waals surface area contributed by atoms with Crippen LogP contribution < -0.4 is 14.8 Å². The zero-order valence-electron chi connectivity index (χ0n) is 14.9. The van der Waals surface area contributed by atoms with Gasteiger partial charge < -0.3 is 19.9 Å². The van der Waals surface area contributed by atoms with Crippen LogP contribution in [0.25, 0.3) is 22.2 Å². The van der Waals surface area contributed by atoms with Crippen molar-refractivity contribution in [1.29, 1.82) is 0 Å². The van der Waals surface area contributed by atoms with Gasteiger partial charge in [0.15, 0.2) is 0 Å². The van der Waals surface area contributed by atoms with E-state index in [-0.39, 0.29) is 6.10 Å². The molecule has 0 aliphatic carbocycles. The minimum Gasteiger partial charge on any atom is -0.497 e. The molecule has 1 saturated heterocycles. The highest BCUT2D eigenvalue weighted by Gasteiger charge is 2.30. The second kappa shape index (κ2) is 7.25. The summed E-state index contributed by atoms with van der Waals surface area (Å²) < 4.78 is 11.5. The summed E-state index contributed by atoms with van der Waals surface area (Å²) in [6.07, 6.45) is 0.220. The Morgan fingerprint density at radius 3 is 2.70 bits per heavy atom. The predicted octanol–water partition coefficient (Wildman–Crippen LogP) is 3.10. The van der Waals surface area contributed by atoms with E-state index in [9.17, 15) is 9.90 Å². The lowest BCUT2D eigenvalue weighted by Crippen LogP contribution is -2.30. The number of carboxylic acids is 1. The molecule has 2 aromatic carbocycles. The van der Waals surface area contributed by atoms with Crippen LogP contribution in [-0.4, -0.2) is 41.9 Å². The van der Waals surface area contributed by atoms with E-state index in [1.54, 1.807) is 7.11 Å². The van der Waals surface area contributed by atoms with Crippen molar-refractivity contribution in [3.8, 4) is 22.8 Å². The van der Waals surface area contributed by atoms with Crippen LogP contribution in [0.3, 0.4) is 0 Å². The molecule has 1 aliphatic heterocycles. The topological polar surface area (TPSA) is 80.7 Å². The molecule has 2 atom stereocenters. The van der Waals surface area contributed by atoms with Gasteiger partial charge in [-0.1, -0.05) is 30.3 Å². The van der Waals surface area contributed by atoms with Crippen LogP contribution in [-0.2, 0) is 4.79 Å². The number of aromatic nitrogens is 1. The summed E-state index contributed by atoms with van der Waals surface area (Å²) >= 11 is 0. The first-order valence-electron chi connectivity index (χ1n) is 8.81. The zero-order chi connectivity index (χ0) is 18.8. The van der Waals surface area contributed by atoms with Crippen LogP contribution in [0, 0.1) is 0 Å². The maximum absolute atomic E-state index is 11.2. The second-order valence-electron chi connectivity index (χ2n) is 6.53. The number of pyridine rings is 1. The van der Waals surface area contributed by atoms with Gasteiger partial charge in [-0.05, 0) is 12.1 Å². The number of rotatable bonds is 5. The highest BCUT2D eigenvalue weighted by atomic mass is 16.5. The van der Waals surface area contributed by atoms with E-state index in [2.05, 4.69) is 5.32 Å². The Morgan fingerprint density at radius 2 is 2.00 bits per heavy atom. The highest BCUT2D eigenvalue weighted by Crippen LogP contribution is 2.33. The van der Waals surface area contributed by atoms with Gasteiger partial charge in [-0.3, -0.25) is 4.79 Å². The van der Waals surface area contributed by atoms with Gasteiger partial charge >= 0.3 is 5.97 Å². The zero-order valence-corrected chi connectivity index (χ0v) is 14.9. The largest absolute Gasteiger partial charge is 0.497 e. The van der Waals surface area contributed by atoms with Crippen LogP contribution in [0.4, 0.5) is 0 Å². The Balaban J connectivity index is 1.74.